The van der Waals surface area contributed by atoms with Crippen LogP contribution in [0.5, 0.6) is 0 Å². The Hall–Kier alpha value is -1.55. The third kappa shape index (κ3) is 3.47. The number of nitrogen functional groups attached to an aromatic ring is 1. The minimum atomic E-state index is 0.108. The van der Waals surface area contributed by atoms with Crippen molar-refractivity contribution in [2.24, 2.45) is 0 Å². The van der Waals surface area contributed by atoms with Crippen LogP contribution in [0.1, 0.15) is 24.8 Å². The Morgan fingerprint density at radius 3 is 2.94 bits per heavy atom. The summed E-state index contributed by atoms with van der Waals surface area (Å²) in [5.74, 6) is 0.108. The summed E-state index contributed by atoms with van der Waals surface area (Å²) in [6, 6.07) is 7.97. The highest BCUT2D eigenvalue weighted by molar-refractivity contribution is 5.76. The van der Waals surface area contributed by atoms with Gasteiger partial charge in [-0.1, -0.05) is 12.1 Å². The first-order valence-electron chi connectivity index (χ1n) is 6.34. The summed E-state index contributed by atoms with van der Waals surface area (Å²) in [5.41, 5.74) is 7.54. The molecule has 4 heteroatoms. The van der Waals surface area contributed by atoms with Gasteiger partial charge in [0.25, 0.3) is 0 Å². The lowest BCUT2D eigenvalue weighted by molar-refractivity contribution is -0.123. The average Bonchev–Trinajstić information content (AvgIpc) is 2.31. The van der Waals surface area contributed by atoms with Crippen LogP contribution in [0, 0.1) is 0 Å². The molecule has 1 aliphatic carbocycles. The van der Waals surface area contributed by atoms with Gasteiger partial charge < -0.3 is 15.8 Å². The molecule has 0 heterocycles. The number of aryl methyl sites for hydroxylation is 1. The number of hydrogen-bond donors (Lipinski definition) is 2. The van der Waals surface area contributed by atoms with Gasteiger partial charge in [0.15, 0.2) is 0 Å². The monoisotopic (exact) mass is 248 g/mol. The van der Waals surface area contributed by atoms with E-state index in [0.717, 1.165) is 30.5 Å². The van der Waals surface area contributed by atoms with Crippen LogP contribution in [0.2, 0.25) is 0 Å². The fourth-order valence-corrected chi connectivity index (χ4v) is 2.18. The molecule has 3 N–H and O–H groups in total. The topological polar surface area (TPSA) is 64.3 Å². The molecule has 98 valence electrons. The van der Waals surface area contributed by atoms with Crippen molar-refractivity contribution in [3.05, 3.63) is 29.8 Å². The number of anilines is 1. The summed E-state index contributed by atoms with van der Waals surface area (Å²) in [6.07, 6.45) is 3.43. The van der Waals surface area contributed by atoms with Crippen LogP contribution in [0.25, 0.3) is 0 Å². The minimum Gasteiger partial charge on any atom is -0.399 e. The van der Waals surface area contributed by atoms with Crippen molar-refractivity contribution in [2.45, 2.75) is 37.8 Å². The van der Waals surface area contributed by atoms with Crippen molar-refractivity contribution in [1.82, 2.24) is 5.32 Å². The maximum atomic E-state index is 11.7. The number of methoxy groups -OCH3 is 1. The van der Waals surface area contributed by atoms with Crippen LogP contribution < -0.4 is 11.1 Å². The van der Waals surface area contributed by atoms with Gasteiger partial charge in [0, 0.05) is 25.3 Å². The number of carbonyl (C=O) groups excluding carboxylic acids is 1. The first-order valence-corrected chi connectivity index (χ1v) is 6.34. The maximum absolute atomic E-state index is 11.7. The zero-order valence-corrected chi connectivity index (χ0v) is 10.7. The molecule has 18 heavy (non-hydrogen) atoms. The molecule has 1 fully saturated rings. The lowest BCUT2D eigenvalue weighted by Crippen LogP contribution is -2.47. The summed E-state index contributed by atoms with van der Waals surface area (Å²) in [6.45, 7) is 0. The molecule has 0 atom stereocenters. The number of rotatable bonds is 5. The molecular formula is C14H20N2O2. The van der Waals surface area contributed by atoms with Gasteiger partial charge >= 0.3 is 0 Å². The van der Waals surface area contributed by atoms with Gasteiger partial charge in [-0.05, 0) is 37.0 Å². The smallest absolute Gasteiger partial charge is 0.220 e. The molecule has 0 spiro atoms. The number of hydrogen-bond acceptors (Lipinski definition) is 3. The SMILES string of the molecule is COC1CC(NC(=O)CCc2cccc(N)c2)C1. The second-order valence-electron chi connectivity index (χ2n) is 4.84. The molecule has 0 radical (unpaired) electrons. The number of nitrogens with one attached hydrogen (secondary N) is 1. The second-order valence-corrected chi connectivity index (χ2v) is 4.84. The summed E-state index contributed by atoms with van der Waals surface area (Å²) in [5, 5.41) is 3.02. The Kier molecular flexibility index (Phi) is 4.20. The molecule has 0 aliphatic heterocycles. The van der Waals surface area contributed by atoms with Crippen molar-refractivity contribution in [3.63, 3.8) is 0 Å². The molecule has 0 unspecified atom stereocenters. The van der Waals surface area contributed by atoms with Gasteiger partial charge in [-0.3, -0.25) is 4.79 Å². The van der Waals surface area contributed by atoms with E-state index < -0.39 is 0 Å². The van der Waals surface area contributed by atoms with E-state index in [-0.39, 0.29) is 5.91 Å². The van der Waals surface area contributed by atoms with Gasteiger partial charge in [-0.25, -0.2) is 0 Å². The van der Waals surface area contributed by atoms with E-state index in [4.69, 9.17) is 10.5 Å². The van der Waals surface area contributed by atoms with Gasteiger partial charge in [-0.2, -0.15) is 0 Å². The number of nitrogens with two attached hydrogens (primary N) is 1. The molecule has 2 rings (SSSR count). The molecule has 0 aromatic heterocycles. The van der Waals surface area contributed by atoms with Crippen molar-refractivity contribution < 1.29 is 9.53 Å². The van der Waals surface area contributed by atoms with E-state index in [1.165, 1.54) is 0 Å². The minimum absolute atomic E-state index is 0.108. The van der Waals surface area contributed by atoms with E-state index >= 15 is 0 Å². The summed E-state index contributed by atoms with van der Waals surface area (Å²) >= 11 is 0. The van der Waals surface area contributed by atoms with Crippen LogP contribution in [0.15, 0.2) is 24.3 Å². The Morgan fingerprint density at radius 1 is 1.50 bits per heavy atom. The van der Waals surface area contributed by atoms with Crippen LogP contribution in [0.4, 0.5) is 5.69 Å². The van der Waals surface area contributed by atoms with Crippen molar-refractivity contribution >= 4 is 11.6 Å². The largest absolute Gasteiger partial charge is 0.399 e. The molecule has 1 aromatic rings. The Balaban J connectivity index is 1.69. The standard InChI is InChI=1S/C14H20N2O2/c1-18-13-8-12(9-13)16-14(17)6-5-10-3-2-4-11(15)7-10/h2-4,7,12-13H,5-6,8-9,15H2,1H3,(H,16,17). The lowest BCUT2D eigenvalue weighted by Gasteiger charge is -2.34. The first-order chi connectivity index (χ1) is 8.67. The highest BCUT2D eigenvalue weighted by Gasteiger charge is 2.29. The number of carbonyl (C=O) groups is 1. The van der Waals surface area contributed by atoms with Gasteiger partial charge in [0.05, 0.1) is 6.10 Å². The molecule has 0 bridgehead atoms. The van der Waals surface area contributed by atoms with E-state index in [2.05, 4.69) is 5.32 Å². The van der Waals surface area contributed by atoms with Crippen LogP contribution in [0.3, 0.4) is 0 Å². The molecule has 1 aliphatic rings. The van der Waals surface area contributed by atoms with E-state index in [9.17, 15) is 4.79 Å². The van der Waals surface area contributed by atoms with Crippen LogP contribution >= 0.6 is 0 Å². The van der Waals surface area contributed by atoms with Gasteiger partial charge in [-0.15, -0.1) is 0 Å². The summed E-state index contributed by atoms with van der Waals surface area (Å²) in [4.78, 5) is 11.7. The number of amides is 1. The summed E-state index contributed by atoms with van der Waals surface area (Å²) < 4.78 is 5.18. The third-order valence-electron chi connectivity index (χ3n) is 3.39. The van der Waals surface area contributed by atoms with Crippen LogP contribution in [-0.4, -0.2) is 25.2 Å². The zero-order chi connectivity index (χ0) is 13.0. The fraction of sp³-hybridized carbons (Fsp3) is 0.500. The van der Waals surface area contributed by atoms with Crippen LogP contribution in [-0.2, 0) is 16.0 Å². The highest BCUT2D eigenvalue weighted by atomic mass is 16.5. The van der Waals surface area contributed by atoms with Crippen molar-refractivity contribution in [3.8, 4) is 0 Å². The molecule has 1 saturated carbocycles. The second kappa shape index (κ2) is 5.87. The number of ether oxygens (including phenoxy) is 1. The van der Waals surface area contributed by atoms with Gasteiger partial charge in [0.1, 0.15) is 0 Å². The first kappa shape index (κ1) is 12.9. The molecule has 1 aromatic carbocycles. The Labute approximate surface area is 108 Å². The quantitative estimate of drug-likeness (QED) is 0.776. The predicted molar refractivity (Wildman–Crippen MR) is 71.1 cm³/mol. The normalized spacial score (nSPS) is 22.3. The predicted octanol–water partition coefficient (Wildman–Crippen LogP) is 1.49. The van der Waals surface area contributed by atoms with E-state index in [1.807, 2.05) is 24.3 Å². The average molecular weight is 248 g/mol. The fourth-order valence-electron chi connectivity index (χ4n) is 2.18. The van der Waals surface area contributed by atoms with Crippen molar-refractivity contribution in [1.29, 1.82) is 0 Å². The summed E-state index contributed by atoms with van der Waals surface area (Å²) in [7, 11) is 1.71. The van der Waals surface area contributed by atoms with Gasteiger partial charge in [0.2, 0.25) is 5.91 Å². The van der Waals surface area contributed by atoms with E-state index in [1.54, 1.807) is 7.11 Å². The zero-order valence-electron chi connectivity index (χ0n) is 10.7. The Bertz CT molecular complexity index is 414. The molecule has 1 amide bonds. The van der Waals surface area contributed by atoms with Crippen molar-refractivity contribution in [2.75, 3.05) is 12.8 Å². The third-order valence-corrected chi connectivity index (χ3v) is 3.39. The maximum Gasteiger partial charge on any atom is 0.220 e. The lowest BCUT2D eigenvalue weighted by atomic mass is 9.89. The molecular weight excluding hydrogens is 228 g/mol. The number of benzene rings is 1. The molecule has 0 saturated heterocycles. The van der Waals surface area contributed by atoms with E-state index in [0.29, 0.717) is 18.6 Å². The Morgan fingerprint density at radius 2 is 2.28 bits per heavy atom. The molecule has 4 nitrogen and oxygen atoms in total. The highest BCUT2D eigenvalue weighted by Crippen LogP contribution is 2.22.